The Kier molecular flexibility index (Phi) is 5.46. The van der Waals surface area contributed by atoms with E-state index in [0.29, 0.717) is 17.9 Å². The van der Waals surface area contributed by atoms with E-state index in [1.54, 1.807) is 6.07 Å². The van der Waals surface area contributed by atoms with Gasteiger partial charge in [0.05, 0.1) is 23.7 Å². The van der Waals surface area contributed by atoms with Crippen LogP contribution in [0.2, 0.25) is 0 Å². The molecule has 0 aliphatic heterocycles. The molecule has 0 atom stereocenters. The molecule has 0 saturated carbocycles. The molecule has 2 aromatic carbocycles. The molecule has 6 nitrogen and oxygen atoms in total. The molecule has 6 heteroatoms. The highest BCUT2D eigenvalue weighted by molar-refractivity contribution is 5.87. The predicted molar refractivity (Wildman–Crippen MR) is 84.9 cm³/mol. The number of esters is 1. The van der Waals surface area contributed by atoms with Gasteiger partial charge in [0.2, 0.25) is 0 Å². The molecule has 0 aliphatic carbocycles. The Hall–Kier alpha value is -3.15. The lowest BCUT2D eigenvalue weighted by Gasteiger charge is -2.07. The molecule has 0 heterocycles. The van der Waals surface area contributed by atoms with Gasteiger partial charge in [0.25, 0.3) is 5.69 Å². The SMILES string of the molecule is COC(=O)/C=C/c1ccc(OCc2ccccc2)cc1[N+](=O)[O-]. The van der Waals surface area contributed by atoms with Crippen molar-refractivity contribution in [2.45, 2.75) is 6.61 Å². The maximum Gasteiger partial charge on any atom is 0.330 e. The Morgan fingerprint density at radius 1 is 1.22 bits per heavy atom. The second kappa shape index (κ2) is 7.74. The first-order chi connectivity index (χ1) is 11.1. The first kappa shape index (κ1) is 16.2. The second-order valence-electron chi connectivity index (χ2n) is 4.61. The number of nitro groups is 1. The summed E-state index contributed by atoms with van der Waals surface area (Å²) in [6.07, 6.45) is 2.47. The van der Waals surface area contributed by atoms with Crippen molar-refractivity contribution in [3.05, 3.63) is 75.8 Å². The zero-order valence-corrected chi connectivity index (χ0v) is 12.5. The van der Waals surface area contributed by atoms with Gasteiger partial charge in [-0.3, -0.25) is 10.1 Å². The molecule has 0 N–H and O–H groups in total. The van der Waals surface area contributed by atoms with E-state index in [0.717, 1.165) is 11.6 Å². The number of nitrogens with zero attached hydrogens (tertiary/aromatic N) is 1. The van der Waals surface area contributed by atoms with Crippen molar-refractivity contribution >= 4 is 17.7 Å². The van der Waals surface area contributed by atoms with Crippen molar-refractivity contribution in [1.29, 1.82) is 0 Å². The molecular weight excluding hydrogens is 298 g/mol. The number of ether oxygens (including phenoxy) is 2. The number of nitro benzene ring substituents is 1. The number of rotatable bonds is 6. The average molecular weight is 313 g/mol. The summed E-state index contributed by atoms with van der Waals surface area (Å²) < 4.78 is 10.0. The Morgan fingerprint density at radius 3 is 2.61 bits per heavy atom. The molecule has 118 valence electrons. The molecule has 0 spiro atoms. The highest BCUT2D eigenvalue weighted by Gasteiger charge is 2.13. The van der Waals surface area contributed by atoms with Gasteiger partial charge >= 0.3 is 5.97 Å². The first-order valence-electron chi connectivity index (χ1n) is 6.81. The van der Waals surface area contributed by atoms with Crippen LogP contribution >= 0.6 is 0 Å². The van der Waals surface area contributed by atoms with Gasteiger partial charge in [0.15, 0.2) is 0 Å². The topological polar surface area (TPSA) is 78.7 Å². The summed E-state index contributed by atoms with van der Waals surface area (Å²) in [6, 6.07) is 14.0. The van der Waals surface area contributed by atoms with E-state index < -0.39 is 10.9 Å². The molecule has 0 bridgehead atoms. The molecule has 0 fully saturated rings. The third kappa shape index (κ3) is 4.67. The van der Waals surface area contributed by atoms with E-state index >= 15 is 0 Å². The molecule has 0 aromatic heterocycles. The van der Waals surface area contributed by atoms with Crippen molar-refractivity contribution < 1.29 is 19.2 Å². The minimum Gasteiger partial charge on any atom is -0.489 e. The molecular formula is C17H15NO5. The molecule has 0 unspecified atom stereocenters. The summed E-state index contributed by atoms with van der Waals surface area (Å²) >= 11 is 0. The van der Waals surface area contributed by atoms with Crippen molar-refractivity contribution in [2.75, 3.05) is 7.11 Å². The predicted octanol–water partition coefficient (Wildman–Crippen LogP) is 3.36. The van der Waals surface area contributed by atoms with Gasteiger partial charge in [-0.2, -0.15) is 0 Å². The van der Waals surface area contributed by atoms with Crippen LogP contribution in [-0.4, -0.2) is 18.0 Å². The molecule has 0 saturated heterocycles. The lowest BCUT2D eigenvalue weighted by molar-refractivity contribution is -0.385. The fraction of sp³-hybridized carbons (Fsp3) is 0.118. The van der Waals surface area contributed by atoms with Gasteiger partial charge in [-0.05, 0) is 23.8 Å². The summed E-state index contributed by atoms with van der Waals surface area (Å²) in [5.41, 5.74) is 1.12. The zero-order valence-electron chi connectivity index (χ0n) is 12.5. The van der Waals surface area contributed by atoms with Crippen LogP contribution in [0.4, 0.5) is 5.69 Å². The van der Waals surface area contributed by atoms with E-state index in [1.807, 2.05) is 30.3 Å². The van der Waals surface area contributed by atoms with Crippen LogP contribution < -0.4 is 4.74 Å². The van der Waals surface area contributed by atoms with E-state index in [9.17, 15) is 14.9 Å². The summed E-state index contributed by atoms with van der Waals surface area (Å²) in [6.45, 7) is 0.315. The number of hydrogen-bond donors (Lipinski definition) is 0. The molecule has 0 radical (unpaired) electrons. The average Bonchev–Trinajstić information content (AvgIpc) is 2.58. The molecule has 2 aromatic rings. The summed E-state index contributed by atoms with van der Waals surface area (Å²) in [4.78, 5) is 21.7. The number of benzene rings is 2. The summed E-state index contributed by atoms with van der Waals surface area (Å²) in [5.74, 6) is -0.195. The molecule has 23 heavy (non-hydrogen) atoms. The van der Waals surface area contributed by atoms with Crippen LogP contribution in [0.25, 0.3) is 6.08 Å². The van der Waals surface area contributed by atoms with Crippen LogP contribution in [0.15, 0.2) is 54.6 Å². The number of carbonyl (C=O) groups is 1. The van der Waals surface area contributed by atoms with Gasteiger partial charge in [0.1, 0.15) is 12.4 Å². The number of methoxy groups -OCH3 is 1. The van der Waals surface area contributed by atoms with Crippen molar-refractivity contribution in [3.8, 4) is 5.75 Å². The molecule has 2 rings (SSSR count). The Labute approximate surface area is 133 Å². The van der Waals surface area contributed by atoms with Gasteiger partial charge in [-0.25, -0.2) is 4.79 Å². The summed E-state index contributed by atoms with van der Waals surface area (Å²) in [7, 11) is 1.24. The van der Waals surface area contributed by atoms with Crippen LogP contribution in [0.5, 0.6) is 5.75 Å². The van der Waals surface area contributed by atoms with Gasteiger partial charge in [0, 0.05) is 6.08 Å². The van der Waals surface area contributed by atoms with Crippen molar-refractivity contribution in [3.63, 3.8) is 0 Å². The van der Waals surface area contributed by atoms with Crippen LogP contribution in [0.1, 0.15) is 11.1 Å². The lowest BCUT2D eigenvalue weighted by Crippen LogP contribution is -1.98. The van der Waals surface area contributed by atoms with Crippen LogP contribution in [0.3, 0.4) is 0 Å². The Bertz CT molecular complexity index is 725. The zero-order chi connectivity index (χ0) is 16.7. The summed E-state index contributed by atoms with van der Waals surface area (Å²) in [5, 5.41) is 11.2. The fourth-order valence-electron chi connectivity index (χ4n) is 1.88. The minimum atomic E-state index is -0.580. The van der Waals surface area contributed by atoms with Crippen molar-refractivity contribution in [1.82, 2.24) is 0 Å². The normalized spacial score (nSPS) is 10.5. The first-order valence-corrected chi connectivity index (χ1v) is 6.81. The lowest BCUT2D eigenvalue weighted by atomic mass is 10.1. The van der Waals surface area contributed by atoms with E-state index in [4.69, 9.17) is 4.74 Å². The van der Waals surface area contributed by atoms with E-state index in [-0.39, 0.29) is 5.69 Å². The largest absolute Gasteiger partial charge is 0.489 e. The minimum absolute atomic E-state index is 0.143. The highest BCUT2D eigenvalue weighted by Crippen LogP contribution is 2.26. The standard InChI is InChI=1S/C17H15NO5/c1-22-17(19)10-8-14-7-9-15(11-16(14)18(20)21)23-12-13-5-3-2-4-6-13/h2-11H,12H2,1H3/b10-8+. The maximum atomic E-state index is 11.2. The van der Waals surface area contributed by atoms with E-state index in [1.165, 1.54) is 25.3 Å². The molecule has 0 amide bonds. The third-order valence-corrected chi connectivity index (χ3v) is 3.05. The second-order valence-corrected chi connectivity index (χ2v) is 4.61. The maximum absolute atomic E-state index is 11.2. The highest BCUT2D eigenvalue weighted by atomic mass is 16.6. The van der Waals surface area contributed by atoms with Gasteiger partial charge in [-0.15, -0.1) is 0 Å². The quantitative estimate of drug-likeness (QED) is 0.353. The smallest absolute Gasteiger partial charge is 0.330 e. The van der Waals surface area contributed by atoms with E-state index in [2.05, 4.69) is 4.74 Å². The number of carbonyl (C=O) groups excluding carboxylic acids is 1. The van der Waals surface area contributed by atoms with Gasteiger partial charge in [-0.1, -0.05) is 30.3 Å². The molecule has 0 aliphatic rings. The van der Waals surface area contributed by atoms with Crippen molar-refractivity contribution in [2.24, 2.45) is 0 Å². The monoisotopic (exact) mass is 313 g/mol. The van der Waals surface area contributed by atoms with Crippen LogP contribution in [-0.2, 0) is 16.1 Å². The fourth-order valence-corrected chi connectivity index (χ4v) is 1.88. The Morgan fingerprint density at radius 2 is 1.96 bits per heavy atom. The van der Waals surface area contributed by atoms with Crippen LogP contribution in [0, 0.1) is 10.1 Å². The van der Waals surface area contributed by atoms with Gasteiger partial charge < -0.3 is 9.47 Å². The third-order valence-electron chi connectivity index (χ3n) is 3.05. The Balaban J connectivity index is 2.17. The number of hydrogen-bond acceptors (Lipinski definition) is 5.